The Morgan fingerprint density at radius 2 is 1.88 bits per heavy atom. The molecule has 1 aliphatic heterocycles. The number of allylic oxidation sites excluding steroid dienone is 4. The molecule has 0 amide bonds. The van der Waals surface area contributed by atoms with Gasteiger partial charge in [0.2, 0.25) is 0 Å². The van der Waals surface area contributed by atoms with Gasteiger partial charge >= 0.3 is 0 Å². The second-order valence-electron chi connectivity index (χ2n) is 6.20. The summed E-state index contributed by atoms with van der Waals surface area (Å²) in [7, 11) is -1.54. The first-order valence-electron chi connectivity index (χ1n) is 7.43. The van der Waals surface area contributed by atoms with Gasteiger partial charge in [0.25, 0.3) is 6.02 Å². The van der Waals surface area contributed by atoms with Crippen molar-refractivity contribution < 1.29 is 19.2 Å². The van der Waals surface area contributed by atoms with E-state index in [1.165, 1.54) is 13.0 Å². The smallest absolute Gasteiger partial charge is 0.296 e. The van der Waals surface area contributed by atoms with Gasteiger partial charge in [-0.2, -0.15) is 0 Å². The Bertz CT molecular complexity index is 740. The Morgan fingerprint density at radius 1 is 1.29 bits per heavy atom. The molecule has 24 heavy (non-hydrogen) atoms. The lowest BCUT2D eigenvalue weighted by Gasteiger charge is -2.35. The summed E-state index contributed by atoms with van der Waals surface area (Å²) in [5, 5.41) is 18.8. The lowest BCUT2D eigenvalue weighted by molar-refractivity contribution is 0.0848. The molecule has 0 aromatic heterocycles. The molecule has 0 fully saturated rings. The molecule has 0 bridgehead atoms. The summed E-state index contributed by atoms with van der Waals surface area (Å²) in [5.74, 6) is 0.189. The van der Waals surface area contributed by atoms with E-state index in [4.69, 9.17) is 10.5 Å². The standard InChI is InChI=1S/C17H22N2O4S/c1-10(20)9-14(11(2)21)12-5-7-13(8-6-12)15-17(3,4)23-16(18)19-24(15)22/h5-9,15,20-21H,1-4H3,(H2,18,19)/b10-9+,14-11-. The zero-order chi connectivity index (χ0) is 18.1. The number of nitrogens with zero attached hydrogens (tertiary/aromatic N) is 1. The Hall–Kier alpha value is -2.28. The maximum Gasteiger partial charge on any atom is 0.296 e. The summed E-state index contributed by atoms with van der Waals surface area (Å²) in [5.41, 5.74) is 6.84. The highest BCUT2D eigenvalue weighted by Crippen LogP contribution is 2.38. The van der Waals surface area contributed by atoms with E-state index < -0.39 is 21.8 Å². The van der Waals surface area contributed by atoms with E-state index in [-0.39, 0.29) is 17.5 Å². The molecule has 4 N–H and O–H groups in total. The molecule has 0 aliphatic carbocycles. The van der Waals surface area contributed by atoms with Crippen molar-refractivity contribution in [3.8, 4) is 0 Å². The molecule has 130 valence electrons. The summed E-state index contributed by atoms with van der Waals surface area (Å²) in [6, 6.07) is 7.13. The maximum absolute atomic E-state index is 12.4. The van der Waals surface area contributed by atoms with E-state index in [0.717, 1.165) is 11.1 Å². The lowest BCUT2D eigenvalue weighted by atomic mass is 9.95. The number of hydrogen-bond acceptors (Lipinski definition) is 5. The Labute approximate surface area is 144 Å². The fourth-order valence-electron chi connectivity index (χ4n) is 2.69. The van der Waals surface area contributed by atoms with Crippen LogP contribution < -0.4 is 5.73 Å². The molecule has 0 spiro atoms. The lowest BCUT2D eigenvalue weighted by Crippen LogP contribution is -2.43. The highest BCUT2D eigenvalue weighted by Gasteiger charge is 2.41. The Morgan fingerprint density at radius 3 is 2.33 bits per heavy atom. The van der Waals surface area contributed by atoms with Gasteiger partial charge in [0.05, 0.1) is 11.5 Å². The van der Waals surface area contributed by atoms with Crippen molar-refractivity contribution in [1.29, 1.82) is 0 Å². The zero-order valence-corrected chi connectivity index (χ0v) is 14.9. The van der Waals surface area contributed by atoms with Gasteiger partial charge in [-0.05, 0) is 44.9 Å². The minimum absolute atomic E-state index is 0.0733. The van der Waals surface area contributed by atoms with Crippen LogP contribution in [0.5, 0.6) is 0 Å². The number of ether oxygens (including phenoxy) is 1. The van der Waals surface area contributed by atoms with E-state index in [1.807, 2.05) is 26.0 Å². The molecular weight excluding hydrogens is 328 g/mol. The first kappa shape index (κ1) is 18.1. The van der Waals surface area contributed by atoms with Crippen molar-refractivity contribution in [1.82, 2.24) is 0 Å². The predicted molar refractivity (Wildman–Crippen MR) is 95.7 cm³/mol. The average Bonchev–Trinajstić information content (AvgIpc) is 2.43. The van der Waals surface area contributed by atoms with Crippen LogP contribution in [0, 0.1) is 0 Å². The molecule has 2 atom stereocenters. The third kappa shape index (κ3) is 3.79. The second kappa shape index (κ2) is 6.68. The van der Waals surface area contributed by atoms with Crippen LogP contribution in [-0.4, -0.2) is 26.0 Å². The van der Waals surface area contributed by atoms with Gasteiger partial charge in [-0.1, -0.05) is 24.3 Å². The van der Waals surface area contributed by atoms with Gasteiger partial charge in [0, 0.05) is 5.57 Å². The van der Waals surface area contributed by atoms with Crippen molar-refractivity contribution in [3.05, 3.63) is 53.0 Å². The van der Waals surface area contributed by atoms with Crippen LogP contribution in [0.4, 0.5) is 0 Å². The average molecular weight is 350 g/mol. The number of rotatable bonds is 3. The van der Waals surface area contributed by atoms with Gasteiger partial charge in [-0.15, -0.1) is 4.40 Å². The van der Waals surface area contributed by atoms with Crippen LogP contribution in [0.1, 0.15) is 44.1 Å². The summed E-state index contributed by atoms with van der Waals surface area (Å²) in [6.07, 6.45) is 1.49. The molecule has 0 saturated heterocycles. The molecule has 1 aromatic carbocycles. The number of nitrogens with two attached hydrogens (primary N) is 1. The van der Waals surface area contributed by atoms with Crippen molar-refractivity contribution >= 4 is 22.6 Å². The van der Waals surface area contributed by atoms with Crippen LogP contribution in [0.25, 0.3) is 5.57 Å². The predicted octanol–water partition coefficient (Wildman–Crippen LogP) is 3.27. The monoisotopic (exact) mass is 350 g/mol. The first-order chi connectivity index (χ1) is 11.1. The Balaban J connectivity index is 2.41. The number of hydrogen-bond donors (Lipinski definition) is 3. The molecule has 1 aromatic rings. The third-order valence-electron chi connectivity index (χ3n) is 3.65. The van der Waals surface area contributed by atoms with Crippen molar-refractivity contribution in [2.45, 2.75) is 38.5 Å². The van der Waals surface area contributed by atoms with Crippen molar-refractivity contribution in [2.75, 3.05) is 0 Å². The largest absolute Gasteiger partial charge is 0.513 e. The summed E-state index contributed by atoms with van der Waals surface area (Å²) < 4.78 is 21.7. The fourth-order valence-corrected chi connectivity index (χ4v) is 3.93. The summed E-state index contributed by atoms with van der Waals surface area (Å²) in [4.78, 5) is 0. The fraction of sp³-hybridized carbons (Fsp3) is 0.353. The quantitative estimate of drug-likeness (QED) is 0.573. The second-order valence-corrected chi connectivity index (χ2v) is 7.40. The van der Waals surface area contributed by atoms with Crippen LogP contribution in [0.3, 0.4) is 0 Å². The number of aliphatic hydroxyl groups is 2. The molecular formula is C17H22N2O4S. The van der Waals surface area contributed by atoms with Crippen LogP contribution >= 0.6 is 0 Å². The van der Waals surface area contributed by atoms with Gasteiger partial charge in [0.1, 0.15) is 10.9 Å². The number of benzene rings is 1. The molecule has 0 saturated carbocycles. The molecule has 1 heterocycles. The maximum atomic E-state index is 12.4. The minimum atomic E-state index is -1.54. The molecule has 2 unspecified atom stereocenters. The Kier molecular flexibility index (Phi) is 5.03. The van der Waals surface area contributed by atoms with Crippen molar-refractivity contribution in [3.63, 3.8) is 0 Å². The number of amidine groups is 1. The third-order valence-corrected chi connectivity index (χ3v) is 5.25. The first-order valence-corrected chi connectivity index (χ1v) is 8.60. The molecule has 6 nitrogen and oxygen atoms in total. The molecule has 7 heteroatoms. The van der Waals surface area contributed by atoms with E-state index in [0.29, 0.717) is 5.57 Å². The van der Waals surface area contributed by atoms with Crippen LogP contribution in [0.15, 0.2) is 46.3 Å². The summed E-state index contributed by atoms with van der Waals surface area (Å²) in [6.45, 7) is 6.70. The van der Waals surface area contributed by atoms with Gasteiger partial charge < -0.3 is 20.7 Å². The van der Waals surface area contributed by atoms with E-state index in [1.54, 1.807) is 19.1 Å². The molecule has 2 rings (SSSR count). The van der Waals surface area contributed by atoms with Crippen LogP contribution in [-0.2, 0) is 15.7 Å². The topological polar surface area (TPSA) is 105 Å². The highest BCUT2D eigenvalue weighted by atomic mass is 32.2. The highest BCUT2D eigenvalue weighted by molar-refractivity contribution is 7.84. The van der Waals surface area contributed by atoms with Crippen LogP contribution in [0.2, 0.25) is 0 Å². The zero-order valence-electron chi connectivity index (χ0n) is 14.1. The van der Waals surface area contributed by atoms with E-state index in [9.17, 15) is 14.4 Å². The summed E-state index contributed by atoms with van der Waals surface area (Å²) >= 11 is 0. The molecule has 0 radical (unpaired) electrons. The van der Waals surface area contributed by atoms with Crippen molar-refractivity contribution in [2.24, 2.45) is 10.1 Å². The number of aliphatic hydroxyl groups excluding tert-OH is 2. The SMILES string of the molecule is C/C(O)=C(\C=C(/C)O)c1ccc(C2S(=O)N=C(N)OC2(C)C)cc1. The van der Waals surface area contributed by atoms with Gasteiger partial charge in [-0.3, -0.25) is 0 Å². The molecule has 1 aliphatic rings. The van der Waals surface area contributed by atoms with E-state index >= 15 is 0 Å². The normalized spacial score (nSPS) is 24.7. The van der Waals surface area contributed by atoms with Gasteiger partial charge in [0.15, 0.2) is 11.0 Å². The van der Waals surface area contributed by atoms with Gasteiger partial charge in [-0.25, -0.2) is 4.21 Å². The van der Waals surface area contributed by atoms with E-state index in [2.05, 4.69) is 4.40 Å². The minimum Gasteiger partial charge on any atom is -0.513 e.